The number of nitrogens with one attached hydrogen (secondary N) is 2. The third-order valence-electron chi connectivity index (χ3n) is 12.9. The fourth-order valence-electron chi connectivity index (χ4n) is 9.62. The number of piperidine rings is 1. The van der Waals surface area contributed by atoms with E-state index in [4.69, 9.17) is 5.10 Å². The molecule has 16 heteroatoms. The third kappa shape index (κ3) is 7.73. The zero-order valence-electron chi connectivity index (χ0n) is 33.7. The molecule has 3 aliphatic heterocycles. The van der Waals surface area contributed by atoms with Crippen molar-refractivity contribution in [2.45, 2.75) is 76.0 Å². The molecule has 3 N–H and O–H groups in total. The van der Waals surface area contributed by atoms with Gasteiger partial charge in [0.25, 0.3) is 5.91 Å². The first-order valence-electron chi connectivity index (χ1n) is 20.8. The average Bonchev–Trinajstić information content (AvgIpc) is 3.83. The Labute approximate surface area is 345 Å². The van der Waals surface area contributed by atoms with E-state index in [2.05, 4.69) is 31.6 Å². The number of hydrogen-bond donors (Lipinski definition) is 3. The first-order valence-corrected chi connectivity index (χ1v) is 20.8. The number of aliphatic hydroxyl groups is 1. The van der Waals surface area contributed by atoms with Gasteiger partial charge in [0.2, 0.25) is 11.8 Å². The number of aromatic nitrogens is 4. The summed E-state index contributed by atoms with van der Waals surface area (Å²) in [5, 5.41) is 35.6. The van der Waals surface area contributed by atoms with E-state index in [1.165, 1.54) is 22.8 Å². The molecule has 3 amide bonds. The molecule has 6 heterocycles. The van der Waals surface area contributed by atoms with Gasteiger partial charge in [-0.1, -0.05) is 0 Å². The van der Waals surface area contributed by atoms with E-state index in [-0.39, 0.29) is 30.4 Å². The highest BCUT2D eigenvalue weighted by Crippen LogP contribution is 2.37. The van der Waals surface area contributed by atoms with E-state index in [1.54, 1.807) is 32.0 Å². The van der Waals surface area contributed by atoms with E-state index >= 15 is 8.78 Å². The Morgan fingerprint density at radius 2 is 1.70 bits per heavy atom. The van der Waals surface area contributed by atoms with Crippen molar-refractivity contribution in [3.63, 3.8) is 0 Å². The summed E-state index contributed by atoms with van der Waals surface area (Å²) >= 11 is 0. The Hall–Kier alpha value is -5.76. The Morgan fingerprint density at radius 3 is 2.38 bits per heavy atom. The van der Waals surface area contributed by atoms with Gasteiger partial charge in [0.1, 0.15) is 23.4 Å². The summed E-state index contributed by atoms with van der Waals surface area (Å²) in [5.41, 5.74) is 2.09. The molecule has 0 bridgehead atoms. The maximum Gasteiger partial charge on any atom is 0.274 e. The Bertz CT molecular complexity index is 2510. The minimum Gasteiger partial charge on any atom is -0.386 e. The lowest BCUT2D eigenvalue weighted by atomic mass is 9.89. The number of hydrogen-bond acceptors (Lipinski definition) is 10. The smallest absolute Gasteiger partial charge is 0.274 e. The van der Waals surface area contributed by atoms with Crippen molar-refractivity contribution in [3.05, 3.63) is 88.9 Å². The van der Waals surface area contributed by atoms with Gasteiger partial charge in [-0.15, -0.1) is 0 Å². The van der Waals surface area contributed by atoms with Gasteiger partial charge in [0, 0.05) is 98.3 Å². The number of halogens is 2. The minimum absolute atomic E-state index is 0.0609. The number of benzene rings is 2. The molecule has 0 unspecified atom stereocenters. The predicted octanol–water partition coefficient (Wildman–Crippen LogP) is 5.07. The quantitative estimate of drug-likeness (QED) is 0.171. The first kappa shape index (κ1) is 39.7. The number of carbonyl (C=O) groups excluding carboxylic acids is 3. The largest absolute Gasteiger partial charge is 0.386 e. The fraction of sp³-hybridized carbons (Fsp3) is 0.455. The number of rotatable bonds is 9. The monoisotopic (exact) mass is 818 g/mol. The standard InChI is InChI=1S/C44H48F2N10O4/c1-44(2,60)34-19-37-28(16-38(34)49-43(59)39-9-7-31-15-26(20-47)21-48-56(31)39)25-55(51-37)30-5-3-29(4-6-30)53-13-11-52(12-14-53)22-27-23-54(24-27)32-17-35(45)41(36(46)18-32)33-8-10-40(57)50-42(33)58/h7,9,15-19,21,25,27,29-30,33,60H,3-6,8,10-14,22-24H2,1-2H3,(H,49,59)(H,50,57,58)/t29-,30-,33-/m1/s1. The number of imide groups is 1. The summed E-state index contributed by atoms with van der Waals surface area (Å²) in [6.07, 6.45) is 7.74. The second-order valence-corrected chi connectivity index (χ2v) is 17.4. The summed E-state index contributed by atoms with van der Waals surface area (Å²) in [4.78, 5) is 44.4. The van der Waals surface area contributed by atoms with Crippen molar-refractivity contribution in [1.82, 2.24) is 34.5 Å². The molecule has 0 radical (unpaired) electrons. The highest BCUT2D eigenvalue weighted by atomic mass is 19.1. The molecule has 1 aliphatic carbocycles. The molecule has 2 aromatic carbocycles. The third-order valence-corrected chi connectivity index (χ3v) is 12.9. The molecule has 4 aliphatic rings. The average molecular weight is 819 g/mol. The maximum absolute atomic E-state index is 15.1. The molecule has 5 aromatic rings. The van der Waals surface area contributed by atoms with Gasteiger partial charge in [-0.05, 0) is 88.4 Å². The molecule has 3 saturated heterocycles. The van der Waals surface area contributed by atoms with Crippen LogP contribution in [0.5, 0.6) is 0 Å². The van der Waals surface area contributed by atoms with Crippen molar-refractivity contribution in [3.8, 4) is 6.07 Å². The van der Waals surface area contributed by atoms with Gasteiger partial charge in [0.15, 0.2) is 0 Å². The van der Waals surface area contributed by atoms with E-state index < -0.39 is 35.0 Å². The minimum atomic E-state index is -1.25. The number of carbonyl (C=O) groups is 3. The van der Waals surface area contributed by atoms with Crippen molar-refractivity contribution in [2.75, 3.05) is 56.0 Å². The second-order valence-electron chi connectivity index (χ2n) is 17.4. The lowest BCUT2D eigenvalue weighted by molar-refractivity contribution is -0.134. The van der Waals surface area contributed by atoms with E-state index in [1.807, 2.05) is 27.9 Å². The van der Waals surface area contributed by atoms with Gasteiger partial charge >= 0.3 is 0 Å². The van der Waals surface area contributed by atoms with Crippen LogP contribution in [0.25, 0.3) is 16.4 Å². The first-order chi connectivity index (χ1) is 28.8. The summed E-state index contributed by atoms with van der Waals surface area (Å²) < 4.78 is 33.7. The topological polar surface area (TPSA) is 164 Å². The Balaban J connectivity index is 0.766. The fourth-order valence-corrected chi connectivity index (χ4v) is 9.62. The molecular formula is C44H48F2N10O4. The lowest BCUT2D eigenvalue weighted by Gasteiger charge is -2.46. The zero-order valence-corrected chi connectivity index (χ0v) is 33.7. The van der Waals surface area contributed by atoms with Crippen LogP contribution in [0.4, 0.5) is 20.2 Å². The second kappa shape index (κ2) is 15.7. The van der Waals surface area contributed by atoms with Crippen LogP contribution in [0.1, 0.15) is 91.5 Å². The SMILES string of the molecule is CC(C)(O)c1cc2nn([C@H]3CC[C@H](N4CCN(CC5CN(c6cc(F)c([C@H]7CCC(=O)NC7=O)c(F)c6)C5)CC4)CC3)cc2cc1NC(=O)c1ccc2cc(C#N)cnn12. The van der Waals surface area contributed by atoms with E-state index in [0.29, 0.717) is 58.8 Å². The van der Waals surface area contributed by atoms with Crippen LogP contribution in [0.3, 0.4) is 0 Å². The molecule has 60 heavy (non-hydrogen) atoms. The molecule has 4 fully saturated rings. The highest BCUT2D eigenvalue weighted by Gasteiger charge is 2.36. The van der Waals surface area contributed by atoms with Crippen molar-refractivity contribution < 1.29 is 28.3 Å². The number of amides is 3. The molecular weight excluding hydrogens is 771 g/mol. The lowest BCUT2D eigenvalue weighted by Crippen LogP contribution is -2.56. The highest BCUT2D eigenvalue weighted by molar-refractivity contribution is 6.05. The summed E-state index contributed by atoms with van der Waals surface area (Å²) in [6, 6.07) is 14.2. The Morgan fingerprint density at radius 1 is 0.983 bits per heavy atom. The number of fused-ring (bicyclic) bond motifs is 2. The number of nitrogens with zero attached hydrogens (tertiary/aromatic N) is 8. The maximum atomic E-state index is 15.1. The predicted molar refractivity (Wildman–Crippen MR) is 219 cm³/mol. The van der Waals surface area contributed by atoms with Gasteiger partial charge in [0.05, 0.1) is 40.4 Å². The Kier molecular flexibility index (Phi) is 10.4. The summed E-state index contributed by atoms with van der Waals surface area (Å²) in [6.45, 7) is 9.69. The van der Waals surface area contributed by atoms with Gasteiger partial charge < -0.3 is 20.2 Å². The van der Waals surface area contributed by atoms with Gasteiger partial charge in [-0.3, -0.25) is 29.3 Å². The van der Waals surface area contributed by atoms with Crippen LogP contribution in [0.15, 0.2) is 54.9 Å². The normalized spacial score (nSPS) is 22.2. The van der Waals surface area contributed by atoms with Crippen molar-refractivity contribution >= 4 is 45.5 Å². The molecule has 14 nitrogen and oxygen atoms in total. The molecule has 1 atom stereocenters. The molecule has 312 valence electrons. The molecule has 1 saturated carbocycles. The van der Waals surface area contributed by atoms with Gasteiger partial charge in [-0.2, -0.15) is 15.5 Å². The molecule has 9 rings (SSSR count). The summed E-state index contributed by atoms with van der Waals surface area (Å²) in [7, 11) is 0. The number of piperazine rings is 1. The van der Waals surface area contributed by atoms with E-state index in [9.17, 15) is 24.8 Å². The van der Waals surface area contributed by atoms with Crippen LogP contribution >= 0.6 is 0 Å². The van der Waals surface area contributed by atoms with Crippen LogP contribution in [-0.2, 0) is 15.2 Å². The van der Waals surface area contributed by atoms with Crippen LogP contribution < -0.4 is 15.5 Å². The molecule has 0 spiro atoms. The van der Waals surface area contributed by atoms with Gasteiger partial charge in [-0.25, -0.2) is 13.3 Å². The van der Waals surface area contributed by atoms with Crippen LogP contribution in [0, 0.1) is 28.9 Å². The number of nitriles is 1. The number of anilines is 2. The molecule has 3 aromatic heterocycles. The summed E-state index contributed by atoms with van der Waals surface area (Å²) in [5.74, 6) is -3.55. The van der Waals surface area contributed by atoms with Crippen LogP contribution in [-0.4, -0.2) is 104 Å². The van der Waals surface area contributed by atoms with Crippen molar-refractivity contribution in [1.29, 1.82) is 5.26 Å². The van der Waals surface area contributed by atoms with Crippen molar-refractivity contribution in [2.24, 2.45) is 5.92 Å². The van der Waals surface area contributed by atoms with Crippen LogP contribution in [0.2, 0.25) is 0 Å². The zero-order chi connectivity index (χ0) is 41.9. The van der Waals surface area contributed by atoms with E-state index in [0.717, 1.165) is 69.3 Å².